The highest BCUT2D eigenvalue weighted by Gasteiger charge is 2.17. The van der Waals surface area contributed by atoms with E-state index >= 15 is 0 Å². The third-order valence-electron chi connectivity index (χ3n) is 6.41. The van der Waals surface area contributed by atoms with Crippen LogP contribution in [0.4, 0.5) is 0 Å². The smallest absolute Gasteiger partial charge is 0.122 e. The number of fused-ring (bicyclic) bond motifs is 4. The molecule has 1 aliphatic heterocycles. The third-order valence-corrected chi connectivity index (χ3v) is 6.41. The fourth-order valence-electron chi connectivity index (χ4n) is 5.03. The molecular weight excluding hydrogens is 344 g/mol. The lowest BCUT2D eigenvalue weighted by Crippen LogP contribution is -2.16. The molecule has 0 bridgehead atoms. The fraction of sp³-hybridized carbons (Fsp3) is 0.440. The van der Waals surface area contributed by atoms with E-state index in [9.17, 15) is 0 Å². The molecule has 0 atom stereocenters. The Balaban J connectivity index is 1.29. The highest BCUT2D eigenvalue weighted by molar-refractivity contribution is 5.88. The van der Waals surface area contributed by atoms with Gasteiger partial charge in [-0.25, -0.2) is 0 Å². The van der Waals surface area contributed by atoms with E-state index in [1.165, 1.54) is 64.5 Å². The SMILES string of the molecule is c1cc2c(c(OCCCc3cccc4[nH]c5c(c34)CCNCC5)c1)CCCC2. The highest BCUT2D eigenvalue weighted by Crippen LogP contribution is 2.31. The molecule has 2 heterocycles. The van der Waals surface area contributed by atoms with Crippen LogP contribution in [0.5, 0.6) is 5.75 Å². The van der Waals surface area contributed by atoms with Gasteiger partial charge < -0.3 is 15.0 Å². The van der Waals surface area contributed by atoms with Gasteiger partial charge in [-0.2, -0.15) is 0 Å². The number of ether oxygens (including phenoxy) is 1. The Morgan fingerprint density at radius 1 is 0.857 bits per heavy atom. The van der Waals surface area contributed by atoms with Crippen molar-refractivity contribution < 1.29 is 4.74 Å². The van der Waals surface area contributed by atoms with Crippen LogP contribution >= 0.6 is 0 Å². The summed E-state index contributed by atoms with van der Waals surface area (Å²) >= 11 is 0. The molecule has 2 N–H and O–H groups in total. The average Bonchev–Trinajstić information content (AvgIpc) is 2.93. The minimum Gasteiger partial charge on any atom is -0.493 e. The zero-order valence-corrected chi connectivity index (χ0v) is 16.7. The maximum Gasteiger partial charge on any atom is 0.122 e. The molecule has 2 aliphatic rings. The summed E-state index contributed by atoms with van der Waals surface area (Å²) < 4.78 is 6.23. The van der Waals surface area contributed by atoms with E-state index in [0.717, 1.165) is 51.1 Å². The molecule has 146 valence electrons. The van der Waals surface area contributed by atoms with Gasteiger partial charge in [-0.05, 0) is 85.9 Å². The summed E-state index contributed by atoms with van der Waals surface area (Å²) in [5.74, 6) is 1.12. The summed E-state index contributed by atoms with van der Waals surface area (Å²) in [6, 6.07) is 13.3. The zero-order chi connectivity index (χ0) is 18.8. The quantitative estimate of drug-likeness (QED) is 0.633. The standard InChI is InChI=1S/C25H30N2O/c1-2-10-20-18(6-1)7-4-12-24(20)28-17-5-9-19-8-3-11-23-25(19)21-13-15-26-16-14-22(21)27-23/h3-4,7-8,11-12,26-27H,1-2,5-6,9-10,13-17H2. The summed E-state index contributed by atoms with van der Waals surface area (Å²) in [6.07, 6.45) is 9.35. The largest absolute Gasteiger partial charge is 0.493 e. The minimum absolute atomic E-state index is 0.793. The second kappa shape index (κ2) is 8.00. The molecule has 3 aromatic rings. The zero-order valence-electron chi connectivity index (χ0n) is 16.7. The number of H-pyrrole nitrogens is 1. The van der Waals surface area contributed by atoms with E-state index in [2.05, 4.69) is 46.7 Å². The maximum absolute atomic E-state index is 6.23. The molecule has 0 radical (unpaired) electrons. The first-order valence-electron chi connectivity index (χ1n) is 11.0. The van der Waals surface area contributed by atoms with Gasteiger partial charge in [0.15, 0.2) is 0 Å². The molecule has 3 heteroatoms. The van der Waals surface area contributed by atoms with Crippen LogP contribution in [0.15, 0.2) is 36.4 Å². The predicted molar refractivity (Wildman–Crippen MR) is 115 cm³/mol. The average molecular weight is 375 g/mol. The number of aromatic nitrogens is 1. The van der Waals surface area contributed by atoms with E-state index in [0.29, 0.717) is 0 Å². The lowest BCUT2D eigenvalue weighted by molar-refractivity contribution is 0.306. The summed E-state index contributed by atoms with van der Waals surface area (Å²) in [7, 11) is 0. The number of hydrogen-bond acceptors (Lipinski definition) is 2. The number of aromatic amines is 1. The van der Waals surface area contributed by atoms with Crippen molar-refractivity contribution in [3.8, 4) is 5.75 Å². The van der Waals surface area contributed by atoms with Crippen LogP contribution in [0.3, 0.4) is 0 Å². The van der Waals surface area contributed by atoms with Gasteiger partial charge in [0.1, 0.15) is 5.75 Å². The van der Waals surface area contributed by atoms with Crippen LogP contribution in [0.1, 0.15) is 47.2 Å². The van der Waals surface area contributed by atoms with Crippen LogP contribution in [0.2, 0.25) is 0 Å². The van der Waals surface area contributed by atoms with Crippen LogP contribution in [-0.2, 0) is 32.1 Å². The van der Waals surface area contributed by atoms with E-state index in [-0.39, 0.29) is 0 Å². The number of nitrogens with one attached hydrogen (secondary N) is 2. The normalized spacial score (nSPS) is 16.4. The van der Waals surface area contributed by atoms with Crippen molar-refractivity contribution in [2.75, 3.05) is 19.7 Å². The monoisotopic (exact) mass is 374 g/mol. The van der Waals surface area contributed by atoms with Crippen molar-refractivity contribution in [2.24, 2.45) is 0 Å². The summed E-state index contributed by atoms with van der Waals surface area (Å²) in [5.41, 5.74) is 8.70. The van der Waals surface area contributed by atoms with Crippen molar-refractivity contribution >= 4 is 10.9 Å². The molecule has 0 fully saturated rings. The van der Waals surface area contributed by atoms with E-state index in [1.807, 2.05) is 0 Å². The van der Waals surface area contributed by atoms with Crippen LogP contribution in [0, 0.1) is 0 Å². The number of aryl methyl sites for hydroxylation is 2. The van der Waals surface area contributed by atoms with Crippen LogP contribution in [-0.4, -0.2) is 24.7 Å². The third kappa shape index (κ3) is 3.44. The molecule has 5 rings (SSSR count). The van der Waals surface area contributed by atoms with Crippen molar-refractivity contribution in [3.63, 3.8) is 0 Å². The van der Waals surface area contributed by atoms with Gasteiger partial charge in [-0.1, -0.05) is 24.3 Å². The number of hydrogen-bond donors (Lipinski definition) is 2. The molecule has 3 nitrogen and oxygen atoms in total. The van der Waals surface area contributed by atoms with Gasteiger partial charge in [0.25, 0.3) is 0 Å². The molecule has 0 saturated carbocycles. The Labute approximate surface area is 167 Å². The van der Waals surface area contributed by atoms with Gasteiger partial charge in [0.2, 0.25) is 0 Å². The molecule has 28 heavy (non-hydrogen) atoms. The van der Waals surface area contributed by atoms with Gasteiger partial charge in [-0.15, -0.1) is 0 Å². The minimum atomic E-state index is 0.793. The fourth-order valence-corrected chi connectivity index (χ4v) is 5.03. The molecular formula is C25H30N2O. The van der Waals surface area contributed by atoms with Crippen molar-refractivity contribution in [1.29, 1.82) is 0 Å². The van der Waals surface area contributed by atoms with E-state index < -0.39 is 0 Å². The second-order valence-corrected chi connectivity index (χ2v) is 8.22. The van der Waals surface area contributed by atoms with Crippen LogP contribution < -0.4 is 10.1 Å². The van der Waals surface area contributed by atoms with Crippen molar-refractivity contribution in [3.05, 3.63) is 64.3 Å². The lowest BCUT2D eigenvalue weighted by Gasteiger charge is -2.19. The molecule has 1 aromatic heterocycles. The predicted octanol–water partition coefficient (Wildman–Crippen LogP) is 4.75. The van der Waals surface area contributed by atoms with Gasteiger partial charge in [0, 0.05) is 29.6 Å². The van der Waals surface area contributed by atoms with Crippen LogP contribution in [0.25, 0.3) is 10.9 Å². The molecule has 0 unspecified atom stereocenters. The highest BCUT2D eigenvalue weighted by atomic mass is 16.5. The summed E-state index contributed by atoms with van der Waals surface area (Å²) in [4.78, 5) is 3.68. The summed E-state index contributed by atoms with van der Waals surface area (Å²) in [5, 5.41) is 4.99. The Morgan fingerprint density at radius 2 is 1.75 bits per heavy atom. The number of benzene rings is 2. The second-order valence-electron chi connectivity index (χ2n) is 8.22. The Hall–Kier alpha value is -2.26. The Bertz CT molecular complexity index is 972. The van der Waals surface area contributed by atoms with Gasteiger partial charge in [0.05, 0.1) is 6.61 Å². The molecule has 0 saturated heterocycles. The lowest BCUT2D eigenvalue weighted by atomic mass is 9.91. The first-order chi connectivity index (χ1) is 13.9. The first kappa shape index (κ1) is 17.8. The first-order valence-corrected chi connectivity index (χ1v) is 11.0. The van der Waals surface area contributed by atoms with Gasteiger partial charge >= 0.3 is 0 Å². The van der Waals surface area contributed by atoms with E-state index in [1.54, 1.807) is 0 Å². The molecule has 0 amide bonds. The summed E-state index contributed by atoms with van der Waals surface area (Å²) in [6.45, 7) is 2.95. The maximum atomic E-state index is 6.23. The molecule has 0 spiro atoms. The molecule has 2 aromatic carbocycles. The Morgan fingerprint density at radius 3 is 2.75 bits per heavy atom. The molecule has 1 aliphatic carbocycles. The van der Waals surface area contributed by atoms with Crippen molar-refractivity contribution in [2.45, 2.75) is 51.4 Å². The van der Waals surface area contributed by atoms with Crippen molar-refractivity contribution in [1.82, 2.24) is 10.3 Å². The number of rotatable bonds is 5. The van der Waals surface area contributed by atoms with Gasteiger partial charge in [-0.3, -0.25) is 0 Å². The Kier molecular flexibility index (Phi) is 5.09. The van der Waals surface area contributed by atoms with E-state index in [4.69, 9.17) is 4.74 Å². The topological polar surface area (TPSA) is 37.0 Å².